The van der Waals surface area contributed by atoms with Crippen LogP contribution >= 0.6 is 0 Å². The molecule has 0 spiro atoms. The Morgan fingerprint density at radius 1 is 1.06 bits per heavy atom. The van der Waals surface area contributed by atoms with Crippen molar-refractivity contribution in [1.82, 2.24) is 10.6 Å². The Morgan fingerprint density at radius 2 is 1.63 bits per heavy atom. The molecule has 0 saturated carbocycles. The fourth-order valence-corrected chi connectivity index (χ4v) is 4.08. The van der Waals surface area contributed by atoms with E-state index in [0.29, 0.717) is 0 Å². The zero-order valence-electron chi connectivity index (χ0n) is 18.9. The number of ether oxygens (including phenoxy) is 3. The summed E-state index contributed by atoms with van der Waals surface area (Å²) in [5, 5.41) is 85.1. The lowest BCUT2D eigenvalue weighted by Gasteiger charge is -2.50. The molecule has 2 aliphatic rings. The maximum Gasteiger partial charge on any atom is 0.364 e. The van der Waals surface area contributed by atoms with Crippen LogP contribution in [0.4, 0.5) is 0 Å². The van der Waals surface area contributed by atoms with Crippen LogP contribution in [0.5, 0.6) is 0 Å². The van der Waals surface area contributed by atoms with Gasteiger partial charge in [-0.25, -0.2) is 4.79 Å². The number of hydrogen-bond acceptors (Lipinski definition) is 13. The SMILES string of the molecule is CC(=O)N[C@@H]1[C@@H](O[C@]2(C(=O)O)C[C@H](O)[C@@H](NC(C)=O)[C@H]([C@H](O)[C@H](O)CO)O2)[C@@H](O)[C@@H](CO)O[C@H]1O. The van der Waals surface area contributed by atoms with Gasteiger partial charge in [0.15, 0.2) is 6.29 Å². The first-order valence-corrected chi connectivity index (χ1v) is 10.7. The number of aliphatic hydroxyl groups is 7. The third kappa shape index (κ3) is 6.42. The van der Waals surface area contributed by atoms with Gasteiger partial charge in [0, 0.05) is 20.3 Å². The second-order valence-corrected chi connectivity index (χ2v) is 8.43. The maximum atomic E-state index is 12.3. The van der Waals surface area contributed by atoms with Crippen LogP contribution in [0.1, 0.15) is 20.3 Å². The van der Waals surface area contributed by atoms with E-state index in [1.165, 1.54) is 0 Å². The van der Waals surface area contributed by atoms with Gasteiger partial charge in [-0.05, 0) is 0 Å². The summed E-state index contributed by atoms with van der Waals surface area (Å²) in [4.78, 5) is 35.6. The second kappa shape index (κ2) is 11.8. The maximum absolute atomic E-state index is 12.3. The smallest absolute Gasteiger partial charge is 0.364 e. The molecular formula is C19H32N2O14. The molecule has 0 unspecified atom stereocenters. The van der Waals surface area contributed by atoms with Gasteiger partial charge >= 0.3 is 5.97 Å². The molecule has 11 atom stereocenters. The summed E-state index contributed by atoms with van der Waals surface area (Å²) in [6, 6.07) is -3.02. The minimum atomic E-state index is -2.87. The number of carbonyl (C=O) groups excluding carboxylic acids is 2. The van der Waals surface area contributed by atoms with Crippen LogP contribution in [0.25, 0.3) is 0 Å². The lowest BCUT2D eigenvalue weighted by atomic mass is 9.88. The minimum absolute atomic E-state index is 0.698. The highest BCUT2D eigenvalue weighted by Crippen LogP contribution is 2.37. The van der Waals surface area contributed by atoms with Gasteiger partial charge in [-0.1, -0.05) is 0 Å². The van der Waals surface area contributed by atoms with Crippen LogP contribution in [0.2, 0.25) is 0 Å². The first-order valence-electron chi connectivity index (χ1n) is 10.7. The third-order valence-corrected chi connectivity index (χ3v) is 5.76. The Labute approximate surface area is 199 Å². The molecule has 16 nitrogen and oxygen atoms in total. The number of aliphatic hydroxyl groups excluding tert-OH is 7. The summed E-state index contributed by atoms with van der Waals surface area (Å²) in [5.74, 6) is -6.16. The van der Waals surface area contributed by atoms with Gasteiger partial charge in [0.25, 0.3) is 5.79 Å². The van der Waals surface area contributed by atoms with Gasteiger partial charge in [0.2, 0.25) is 11.8 Å². The van der Waals surface area contributed by atoms with Crippen molar-refractivity contribution in [2.24, 2.45) is 0 Å². The van der Waals surface area contributed by atoms with E-state index < -0.39 is 104 Å². The highest BCUT2D eigenvalue weighted by Gasteiger charge is 2.59. The average molecular weight is 512 g/mol. The number of aliphatic carboxylic acids is 1. The van der Waals surface area contributed by atoms with Crippen molar-refractivity contribution < 1.29 is 69.4 Å². The van der Waals surface area contributed by atoms with Crippen molar-refractivity contribution in [2.75, 3.05) is 13.2 Å². The average Bonchev–Trinajstić information content (AvgIpc) is 2.78. The Bertz CT molecular complexity index is 770. The fraction of sp³-hybridized carbons (Fsp3) is 0.842. The van der Waals surface area contributed by atoms with E-state index in [1.807, 2.05) is 0 Å². The molecule has 10 N–H and O–H groups in total. The van der Waals surface area contributed by atoms with E-state index in [4.69, 9.17) is 14.2 Å². The molecule has 0 aromatic carbocycles. The molecule has 2 amide bonds. The summed E-state index contributed by atoms with van der Waals surface area (Å²) in [7, 11) is 0. The number of rotatable bonds is 9. The quantitative estimate of drug-likeness (QED) is 0.138. The van der Waals surface area contributed by atoms with Crippen LogP contribution in [0.3, 0.4) is 0 Å². The number of carbonyl (C=O) groups is 3. The van der Waals surface area contributed by atoms with Crippen molar-refractivity contribution in [3.63, 3.8) is 0 Å². The van der Waals surface area contributed by atoms with Gasteiger partial charge < -0.3 is 65.7 Å². The molecule has 0 bridgehead atoms. The first-order chi connectivity index (χ1) is 16.3. The largest absolute Gasteiger partial charge is 0.477 e. The third-order valence-electron chi connectivity index (χ3n) is 5.76. The molecular weight excluding hydrogens is 480 g/mol. The van der Waals surface area contributed by atoms with Crippen LogP contribution in [0.15, 0.2) is 0 Å². The molecule has 0 radical (unpaired) electrons. The number of carboxylic acid groups (broad SMARTS) is 1. The van der Waals surface area contributed by atoms with Crippen molar-refractivity contribution in [2.45, 2.75) is 87.2 Å². The molecule has 2 heterocycles. The zero-order valence-corrected chi connectivity index (χ0v) is 18.9. The molecule has 16 heteroatoms. The van der Waals surface area contributed by atoms with Crippen molar-refractivity contribution in [1.29, 1.82) is 0 Å². The standard InChI is InChI=1S/C19H32N2O14/c1-6(24)20-11-8(26)3-19(18(31)32,34-15(11)13(28)9(27)4-22)35-16-12(21-7(2)25)17(30)33-10(5-23)14(16)29/h8-17,22-23,26-30H,3-5H2,1-2H3,(H,20,24)(H,21,25)(H,31,32)/t8-,9+,10+,11+,12+,13+,14-,15+,16+,17+,19-/m0/s1. The van der Waals surface area contributed by atoms with E-state index in [1.54, 1.807) is 0 Å². The molecule has 2 aliphatic heterocycles. The molecule has 2 saturated heterocycles. The summed E-state index contributed by atoms with van der Waals surface area (Å²) in [6.45, 7) is 0.311. The molecule has 0 aromatic heterocycles. The van der Waals surface area contributed by atoms with Gasteiger partial charge in [-0.3, -0.25) is 9.59 Å². The second-order valence-electron chi connectivity index (χ2n) is 8.43. The Morgan fingerprint density at radius 3 is 2.11 bits per heavy atom. The van der Waals surface area contributed by atoms with Crippen molar-refractivity contribution in [3.8, 4) is 0 Å². The number of amides is 2. The molecule has 2 fully saturated rings. The van der Waals surface area contributed by atoms with Gasteiger partial charge in [-0.2, -0.15) is 0 Å². The summed E-state index contributed by atoms with van der Waals surface area (Å²) < 4.78 is 16.1. The summed E-state index contributed by atoms with van der Waals surface area (Å²) in [6.07, 6.45) is -15.4. The molecule has 35 heavy (non-hydrogen) atoms. The molecule has 202 valence electrons. The van der Waals surface area contributed by atoms with E-state index in [0.717, 1.165) is 13.8 Å². The van der Waals surface area contributed by atoms with Crippen LogP contribution < -0.4 is 10.6 Å². The van der Waals surface area contributed by atoms with Crippen molar-refractivity contribution in [3.05, 3.63) is 0 Å². The van der Waals surface area contributed by atoms with Gasteiger partial charge in [0.1, 0.15) is 42.7 Å². The van der Waals surface area contributed by atoms with Crippen LogP contribution in [0, 0.1) is 0 Å². The lowest BCUT2D eigenvalue weighted by Crippen LogP contribution is -2.71. The van der Waals surface area contributed by atoms with E-state index in [9.17, 15) is 55.2 Å². The van der Waals surface area contributed by atoms with Crippen LogP contribution in [-0.4, -0.2) is 139 Å². The van der Waals surface area contributed by atoms with Crippen LogP contribution in [-0.2, 0) is 28.6 Å². The van der Waals surface area contributed by atoms with E-state index in [-0.39, 0.29) is 0 Å². The predicted molar refractivity (Wildman–Crippen MR) is 109 cm³/mol. The summed E-state index contributed by atoms with van der Waals surface area (Å²) in [5.41, 5.74) is 0. The lowest BCUT2D eigenvalue weighted by molar-refractivity contribution is -0.352. The molecule has 0 aliphatic carbocycles. The van der Waals surface area contributed by atoms with Gasteiger partial charge in [0.05, 0.1) is 25.4 Å². The number of carboxylic acids is 1. The molecule has 0 aromatic rings. The summed E-state index contributed by atoms with van der Waals surface area (Å²) >= 11 is 0. The Kier molecular flexibility index (Phi) is 9.88. The normalized spacial score (nSPS) is 39.3. The van der Waals surface area contributed by atoms with Crippen molar-refractivity contribution >= 4 is 17.8 Å². The zero-order chi connectivity index (χ0) is 26.7. The Balaban J connectivity index is 2.50. The minimum Gasteiger partial charge on any atom is -0.477 e. The highest BCUT2D eigenvalue weighted by molar-refractivity contribution is 5.77. The first kappa shape index (κ1) is 29.2. The Hall–Kier alpha value is -1.99. The van der Waals surface area contributed by atoms with Gasteiger partial charge in [-0.15, -0.1) is 0 Å². The topological polar surface area (TPSA) is 265 Å². The highest BCUT2D eigenvalue weighted by atomic mass is 16.7. The van der Waals surface area contributed by atoms with E-state index >= 15 is 0 Å². The monoisotopic (exact) mass is 512 g/mol. The predicted octanol–water partition coefficient (Wildman–Crippen LogP) is -5.90. The number of hydrogen-bond donors (Lipinski definition) is 10. The molecule has 2 rings (SSSR count). The van der Waals surface area contributed by atoms with E-state index in [2.05, 4.69) is 10.6 Å². The fourth-order valence-electron chi connectivity index (χ4n) is 4.08. The number of nitrogens with one attached hydrogen (secondary N) is 2.